The van der Waals surface area contributed by atoms with Gasteiger partial charge in [-0.15, -0.1) is 0 Å². The molecule has 6 rings (SSSR count). The highest BCUT2D eigenvalue weighted by molar-refractivity contribution is 9.11. The Hall–Kier alpha value is -3.98. The molecular weight excluding hydrogens is 860 g/mol. The smallest absolute Gasteiger partial charge is 0.308 e. The van der Waals surface area contributed by atoms with E-state index in [1.54, 1.807) is 42.5 Å². The number of aldehydes is 1. The van der Waals surface area contributed by atoms with Crippen molar-refractivity contribution in [3.05, 3.63) is 108 Å². The molecule has 0 aliphatic carbocycles. The highest BCUT2D eigenvalue weighted by Crippen LogP contribution is 2.37. The van der Waals surface area contributed by atoms with Crippen LogP contribution in [0.25, 0.3) is 6.08 Å². The van der Waals surface area contributed by atoms with Crippen LogP contribution in [0.15, 0.2) is 96.4 Å². The normalized spacial score (nSPS) is 13.5. The van der Waals surface area contributed by atoms with Crippen molar-refractivity contribution in [3.8, 4) is 23.0 Å². The summed E-state index contributed by atoms with van der Waals surface area (Å²) in [4.78, 5) is 44.4. The number of benzene rings is 4. The van der Waals surface area contributed by atoms with Crippen molar-refractivity contribution in [1.29, 1.82) is 0 Å². The molecule has 46 heavy (non-hydrogen) atoms. The highest BCUT2D eigenvalue weighted by Gasteiger charge is 2.22. The molecule has 0 bridgehead atoms. The van der Waals surface area contributed by atoms with Gasteiger partial charge in [-0.25, -0.2) is 0 Å². The number of hydrogen-bond acceptors (Lipinski definition) is 8. The van der Waals surface area contributed by atoms with E-state index in [-0.39, 0.29) is 29.9 Å². The number of para-hydroxylation sites is 4. The van der Waals surface area contributed by atoms with Gasteiger partial charge in [0.1, 0.15) is 17.8 Å². The van der Waals surface area contributed by atoms with Gasteiger partial charge in [-0.2, -0.15) is 0 Å². The monoisotopic (exact) mass is 878 g/mol. The van der Waals surface area contributed by atoms with E-state index in [1.165, 1.54) is 6.92 Å². The number of phenols is 1. The van der Waals surface area contributed by atoms with Crippen LogP contribution in [-0.2, 0) is 14.4 Å². The number of phenolic OH excluding ortho intramolecular Hbond substituents is 1. The summed E-state index contributed by atoms with van der Waals surface area (Å²) in [5.74, 6) is 1.14. The Kier molecular flexibility index (Phi) is 12.2. The fourth-order valence-electron chi connectivity index (χ4n) is 3.84. The Labute approximate surface area is 296 Å². The zero-order chi connectivity index (χ0) is 33.4. The Morgan fingerprint density at radius 2 is 1.37 bits per heavy atom. The van der Waals surface area contributed by atoms with Crippen LogP contribution in [0.4, 0.5) is 11.4 Å². The van der Waals surface area contributed by atoms with Gasteiger partial charge in [-0.3, -0.25) is 19.2 Å². The topological polar surface area (TPSA) is 140 Å². The second-order valence-corrected chi connectivity index (χ2v) is 12.7. The van der Waals surface area contributed by atoms with E-state index in [4.69, 9.17) is 14.2 Å². The summed E-state index contributed by atoms with van der Waals surface area (Å²) in [5, 5.41) is 14.7. The average Bonchev–Trinajstić information content (AvgIpc) is 3.02. The van der Waals surface area contributed by atoms with E-state index in [2.05, 4.69) is 74.4 Å². The number of anilines is 2. The minimum Gasteiger partial charge on any atom is -0.506 e. The minimum absolute atomic E-state index is 0.0938. The first-order chi connectivity index (χ1) is 21.9. The number of ether oxygens (including phenoxy) is 3. The zero-order valence-electron chi connectivity index (χ0n) is 23.6. The number of amides is 2. The van der Waals surface area contributed by atoms with E-state index in [1.807, 2.05) is 36.4 Å². The second-order valence-electron chi connectivity index (χ2n) is 9.25. The molecule has 0 fully saturated rings. The zero-order valence-corrected chi connectivity index (χ0v) is 30.0. The molecule has 0 spiro atoms. The quantitative estimate of drug-likeness (QED) is 0.0810. The lowest BCUT2D eigenvalue weighted by molar-refractivity contribution is -0.132. The molecule has 0 radical (unpaired) electrons. The van der Waals surface area contributed by atoms with E-state index < -0.39 is 5.97 Å². The molecule has 0 atom stereocenters. The summed E-state index contributed by atoms with van der Waals surface area (Å²) in [6, 6.07) is 21.1. The van der Waals surface area contributed by atoms with Crippen molar-refractivity contribution in [3.63, 3.8) is 0 Å². The molecule has 2 heterocycles. The molecule has 10 nitrogen and oxygen atoms in total. The number of aromatic hydroxyl groups is 1. The van der Waals surface area contributed by atoms with Crippen LogP contribution in [-0.4, -0.2) is 35.8 Å². The SMILES string of the molecule is CC(=O)Oc1c(Br)cc(/C=C2\Oc3ccccc3NC2=O)cc1Br.O=C1COc2ccccc2N1.O=Cc1cc(Br)c(O)c(Br)c1. The lowest BCUT2D eigenvalue weighted by Crippen LogP contribution is -2.25. The number of rotatable bonds is 3. The third kappa shape index (κ3) is 9.28. The number of fused-ring (bicyclic) bond motifs is 2. The molecule has 4 aromatic rings. The van der Waals surface area contributed by atoms with E-state index in [0.717, 1.165) is 17.7 Å². The Balaban J connectivity index is 0.000000180. The first-order valence-electron chi connectivity index (χ1n) is 13.1. The van der Waals surface area contributed by atoms with Gasteiger partial charge in [-0.1, -0.05) is 24.3 Å². The van der Waals surface area contributed by atoms with E-state index in [9.17, 15) is 24.3 Å². The standard InChI is InChI=1S/C17H11Br2NO4.C8H7NO2.C7H4Br2O2/c1-9(21)23-16-11(18)6-10(7-12(16)19)8-15-17(22)20-13-4-2-3-5-14(13)24-15;10-8-5-11-7-4-2-1-3-6(7)9-8;8-5-1-4(3-10)2-6(9)7(5)11/h2-8H,1H3,(H,20,22);1-4H,5H2,(H,9,10);1-3,11H/b15-8-;;. The number of carbonyl (C=O) groups excluding carboxylic acids is 4. The largest absolute Gasteiger partial charge is 0.506 e. The third-order valence-electron chi connectivity index (χ3n) is 5.84. The van der Waals surface area contributed by atoms with Crippen LogP contribution in [0.1, 0.15) is 22.8 Å². The van der Waals surface area contributed by atoms with Crippen molar-refractivity contribution in [2.24, 2.45) is 0 Å². The maximum absolute atomic E-state index is 12.1. The van der Waals surface area contributed by atoms with Crippen LogP contribution >= 0.6 is 63.7 Å². The molecule has 0 saturated heterocycles. The molecule has 0 saturated carbocycles. The summed E-state index contributed by atoms with van der Waals surface area (Å²) in [6.45, 7) is 1.45. The van der Waals surface area contributed by atoms with E-state index in [0.29, 0.717) is 46.2 Å². The highest BCUT2D eigenvalue weighted by atomic mass is 79.9. The van der Waals surface area contributed by atoms with Crippen molar-refractivity contribution in [2.45, 2.75) is 6.92 Å². The maximum atomic E-state index is 12.1. The molecule has 236 valence electrons. The molecule has 0 aromatic heterocycles. The van der Waals surface area contributed by atoms with Crippen LogP contribution in [0, 0.1) is 0 Å². The van der Waals surface area contributed by atoms with Gasteiger partial charge in [-0.05, 0) is 124 Å². The second kappa shape index (κ2) is 16.0. The lowest BCUT2D eigenvalue weighted by atomic mass is 10.1. The first kappa shape index (κ1) is 34.9. The fraction of sp³-hybridized carbons (Fsp3) is 0.0625. The van der Waals surface area contributed by atoms with Gasteiger partial charge >= 0.3 is 5.97 Å². The van der Waals surface area contributed by atoms with Gasteiger partial charge in [0.2, 0.25) is 0 Å². The number of nitrogens with one attached hydrogen (secondary N) is 2. The summed E-state index contributed by atoms with van der Waals surface area (Å²) < 4.78 is 18.1. The molecular formula is C32H22Br4N2O8. The molecule has 2 aliphatic rings. The molecule has 4 aromatic carbocycles. The number of carbonyl (C=O) groups is 4. The third-order valence-corrected chi connectivity index (χ3v) is 8.23. The lowest BCUT2D eigenvalue weighted by Gasteiger charge is -2.19. The first-order valence-corrected chi connectivity index (χ1v) is 16.2. The molecule has 3 N–H and O–H groups in total. The summed E-state index contributed by atoms with van der Waals surface area (Å²) in [6.07, 6.45) is 2.33. The molecule has 0 unspecified atom stereocenters. The van der Waals surface area contributed by atoms with Gasteiger partial charge in [0.05, 0.1) is 29.3 Å². The van der Waals surface area contributed by atoms with Crippen molar-refractivity contribution in [2.75, 3.05) is 17.2 Å². The van der Waals surface area contributed by atoms with Crippen LogP contribution in [0.2, 0.25) is 0 Å². The fourth-order valence-corrected chi connectivity index (χ4v) is 6.44. The van der Waals surface area contributed by atoms with Crippen molar-refractivity contribution < 1.29 is 38.5 Å². The van der Waals surface area contributed by atoms with Crippen LogP contribution in [0.5, 0.6) is 23.0 Å². The molecule has 2 amide bonds. The predicted octanol–water partition coefficient (Wildman–Crippen LogP) is 8.26. The number of esters is 1. The van der Waals surface area contributed by atoms with Crippen LogP contribution < -0.4 is 24.8 Å². The number of hydrogen-bond donors (Lipinski definition) is 3. The maximum Gasteiger partial charge on any atom is 0.308 e. The van der Waals surface area contributed by atoms with E-state index >= 15 is 0 Å². The van der Waals surface area contributed by atoms with Crippen LogP contribution in [0.3, 0.4) is 0 Å². The van der Waals surface area contributed by atoms with Gasteiger partial charge < -0.3 is 30.0 Å². The molecule has 2 aliphatic heterocycles. The summed E-state index contributed by atoms with van der Waals surface area (Å²) in [5.41, 5.74) is 2.60. The average molecular weight is 882 g/mol. The number of halogens is 4. The van der Waals surface area contributed by atoms with Gasteiger partial charge in [0.15, 0.2) is 23.9 Å². The Morgan fingerprint density at radius 1 is 0.826 bits per heavy atom. The Morgan fingerprint density at radius 3 is 1.96 bits per heavy atom. The van der Waals surface area contributed by atoms with Crippen molar-refractivity contribution >= 4 is 105 Å². The van der Waals surface area contributed by atoms with Gasteiger partial charge in [0.25, 0.3) is 11.8 Å². The minimum atomic E-state index is -0.422. The Bertz CT molecular complexity index is 1820. The summed E-state index contributed by atoms with van der Waals surface area (Å²) in [7, 11) is 0. The summed E-state index contributed by atoms with van der Waals surface area (Å²) >= 11 is 12.9. The van der Waals surface area contributed by atoms with Crippen molar-refractivity contribution in [1.82, 2.24) is 0 Å². The van der Waals surface area contributed by atoms with Gasteiger partial charge in [0, 0.05) is 12.5 Å². The predicted molar refractivity (Wildman–Crippen MR) is 186 cm³/mol. The molecule has 14 heteroatoms.